The summed E-state index contributed by atoms with van der Waals surface area (Å²) in [5, 5.41) is 1.23. The van der Waals surface area contributed by atoms with Crippen molar-refractivity contribution in [3.63, 3.8) is 0 Å². The monoisotopic (exact) mass is 492 g/mol. The number of aryl methyl sites for hydroxylation is 1. The summed E-state index contributed by atoms with van der Waals surface area (Å²) in [6, 6.07) is 20.5. The van der Waals surface area contributed by atoms with Crippen molar-refractivity contribution in [2.45, 2.75) is 13.5 Å². The van der Waals surface area contributed by atoms with Crippen molar-refractivity contribution in [3.8, 4) is 11.5 Å². The molecule has 3 aromatic rings. The molecule has 0 saturated carbocycles. The molecule has 32 heavy (non-hydrogen) atoms. The van der Waals surface area contributed by atoms with Gasteiger partial charge in [-0.3, -0.25) is 15.0 Å². The Morgan fingerprint density at radius 3 is 2.53 bits per heavy atom. The van der Waals surface area contributed by atoms with Gasteiger partial charge < -0.3 is 9.47 Å². The molecule has 0 aliphatic carbocycles. The molecule has 0 aromatic heterocycles. The summed E-state index contributed by atoms with van der Waals surface area (Å²) in [5.74, 6) is 0.0142. The molecule has 4 rings (SSSR count). The van der Waals surface area contributed by atoms with Crippen molar-refractivity contribution in [1.29, 1.82) is 0 Å². The molecule has 162 valence electrons. The molecule has 0 bridgehead atoms. The molecule has 2 amide bonds. The molecule has 1 fully saturated rings. The second-order valence-electron chi connectivity index (χ2n) is 7.28. The zero-order valence-corrected chi connectivity index (χ0v) is 19.2. The lowest BCUT2D eigenvalue weighted by molar-refractivity contribution is -0.117. The molecule has 0 radical (unpaired) electrons. The summed E-state index contributed by atoms with van der Waals surface area (Å²) in [5.41, 5.74) is 5.88. The van der Waals surface area contributed by atoms with Gasteiger partial charge in [0.05, 0.1) is 12.8 Å². The third kappa shape index (κ3) is 4.53. The van der Waals surface area contributed by atoms with Crippen LogP contribution in [0.25, 0.3) is 6.08 Å². The maximum atomic E-state index is 13.0. The van der Waals surface area contributed by atoms with Crippen molar-refractivity contribution in [2.75, 3.05) is 12.1 Å². The van der Waals surface area contributed by atoms with E-state index in [0.29, 0.717) is 29.4 Å². The first-order valence-electron chi connectivity index (χ1n) is 9.94. The molecule has 0 atom stereocenters. The van der Waals surface area contributed by atoms with Crippen LogP contribution in [0.5, 0.6) is 11.5 Å². The molecular formula is C25H21BrN2O4. The third-order valence-corrected chi connectivity index (χ3v) is 5.40. The van der Waals surface area contributed by atoms with Gasteiger partial charge in [-0.05, 0) is 42.8 Å². The number of rotatable bonds is 6. The van der Waals surface area contributed by atoms with E-state index in [2.05, 4.69) is 21.4 Å². The Balaban J connectivity index is 1.69. The highest BCUT2D eigenvalue weighted by Crippen LogP contribution is 2.37. The zero-order chi connectivity index (χ0) is 22.7. The topological polar surface area (TPSA) is 67.9 Å². The minimum atomic E-state index is -0.484. The maximum Gasteiger partial charge on any atom is 0.282 e. The number of carbonyl (C=O) groups is 2. The maximum absolute atomic E-state index is 13.0. The largest absolute Gasteiger partial charge is 0.493 e. The fourth-order valence-electron chi connectivity index (χ4n) is 3.43. The van der Waals surface area contributed by atoms with Crippen LogP contribution in [0.2, 0.25) is 0 Å². The molecule has 1 saturated heterocycles. The molecular weight excluding hydrogens is 472 g/mol. The van der Waals surface area contributed by atoms with Gasteiger partial charge in [-0.2, -0.15) is 0 Å². The SMILES string of the molecule is COc1cc(Br)cc(/C=C2\C(=O)NN(c3ccccc3)C2=O)c1OCc1cccc(C)c1. The molecule has 0 unspecified atom stereocenters. The first-order chi connectivity index (χ1) is 15.5. The van der Waals surface area contributed by atoms with Gasteiger partial charge in [-0.25, -0.2) is 5.01 Å². The summed E-state index contributed by atoms with van der Waals surface area (Å²) < 4.78 is 12.3. The first kappa shape index (κ1) is 21.6. The summed E-state index contributed by atoms with van der Waals surface area (Å²) in [4.78, 5) is 25.6. The Kier molecular flexibility index (Phi) is 6.28. The average molecular weight is 493 g/mol. The van der Waals surface area contributed by atoms with Gasteiger partial charge in [0.2, 0.25) is 0 Å². The predicted octanol–water partition coefficient (Wildman–Crippen LogP) is 4.81. The quantitative estimate of drug-likeness (QED) is 0.396. The summed E-state index contributed by atoms with van der Waals surface area (Å²) in [7, 11) is 1.54. The number of amides is 2. The number of carbonyl (C=O) groups excluding carboxylic acids is 2. The number of anilines is 1. The van der Waals surface area contributed by atoms with E-state index in [4.69, 9.17) is 9.47 Å². The molecule has 3 aromatic carbocycles. The highest BCUT2D eigenvalue weighted by molar-refractivity contribution is 9.10. The van der Waals surface area contributed by atoms with Gasteiger partial charge in [-0.1, -0.05) is 64.0 Å². The van der Waals surface area contributed by atoms with Crippen LogP contribution in [0, 0.1) is 6.92 Å². The van der Waals surface area contributed by atoms with E-state index in [0.717, 1.165) is 15.6 Å². The van der Waals surface area contributed by atoms with Gasteiger partial charge in [-0.15, -0.1) is 0 Å². The standard InChI is InChI=1S/C25H21BrN2O4/c1-16-7-6-8-17(11-16)15-32-23-18(12-19(26)14-22(23)31-2)13-21-24(29)27-28(25(21)30)20-9-4-3-5-10-20/h3-14H,15H2,1-2H3,(H,27,29)/b21-13+. The fourth-order valence-corrected chi connectivity index (χ4v) is 3.89. The van der Waals surface area contributed by atoms with Crippen LogP contribution in [0.15, 0.2) is 76.8 Å². The van der Waals surface area contributed by atoms with Crippen LogP contribution in [-0.2, 0) is 16.2 Å². The Bertz CT molecular complexity index is 1210. The average Bonchev–Trinajstić information content (AvgIpc) is 3.07. The number of para-hydroxylation sites is 1. The van der Waals surface area contributed by atoms with Crippen molar-refractivity contribution in [1.82, 2.24) is 5.43 Å². The van der Waals surface area contributed by atoms with Crippen LogP contribution < -0.4 is 19.9 Å². The number of nitrogens with one attached hydrogen (secondary N) is 1. The van der Waals surface area contributed by atoms with E-state index in [1.54, 1.807) is 43.5 Å². The molecule has 1 N–H and O–H groups in total. The lowest BCUT2D eigenvalue weighted by Crippen LogP contribution is -2.35. The molecule has 0 spiro atoms. The molecule has 1 aliphatic rings. The number of methoxy groups -OCH3 is 1. The van der Waals surface area contributed by atoms with Crippen LogP contribution in [0.3, 0.4) is 0 Å². The highest BCUT2D eigenvalue weighted by atomic mass is 79.9. The molecule has 7 heteroatoms. The van der Waals surface area contributed by atoms with Crippen LogP contribution in [0.1, 0.15) is 16.7 Å². The number of halogens is 1. The summed E-state index contributed by atoms with van der Waals surface area (Å²) in [6.07, 6.45) is 1.53. The van der Waals surface area contributed by atoms with Gasteiger partial charge >= 0.3 is 0 Å². The Labute approximate surface area is 194 Å². The minimum Gasteiger partial charge on any atom is -0.493 e. The number of hydrogen-bond donors (Lipinski definition) is 1. The van der Waals surface area contributed by atoms with Gasteiger partial charge in [0.1, 0.15) is 12.2 Å². The van der Waals surface area contributed by atoms with Crippen molar-refractivity contribution < 1.29 is 19.1 Å². The molecule has 1 aliphatic heterocycles. The Morgan fingerprint density at radius 2 is 1.81 bits per heavy atom. The number of hydrazine groups is 1. The zero-order valence-electron chi connectivity index (χ0n) is 17.6. The number of hydrogen-bond acceptors (Lipinski definition) is 4. The highest BCUT2D eigenvalue weighted by Gasteiger charge is 2.34. The lowest BCUT2D eigenvalue weighted by atomic mass is 10.1. The number of ether oxygens (including phenoxy) is 2. The summed E-state index contributed by atoms with van der Waals surface area (Å²) >= 11 is 3.46. The van der Waals surface area contributed by atoms with Crippen LogP contribution >= 0.6 is 15.9 Å². The molecule has 1 heterocycles. The Morgan fingerprint density at radius 1 is 1.03 bits per heavy atom. The van der Waals surface area contributed by atoms with Gasteiger partial charge in [0, 0.05) is 10.0 Å². The fraction of sp³-hybridized carbons (Fsp3) is 0.120. The smallest absolute Gasteiger partial charge is 0.282 e. The second kappa shape index (κ2) is 9.28. The predicted molar refractivity (Wildman–Crippen MR) is 126 cm³/mol. The van der Waals surface area contributed by atoms with E-state index in [9.17, 15) is 9.59 Å². The van der Waals surface area contributed by atoms with Crippen molar-refractivity contribution in [3.05, 3.63) is 93.5 Å². The van der Waals surface area contributed by atoms with E-state index < -0.39 is 11.8 Å². The van der Waals surface area contributed by atoms with Gasteiger partial charge in [0.15, 0.2) is 11.5 Å². The first-order valence-corrected chi connectivity index (χ1v) is 10.7. The molecule has 6 nitrogen and oxygen atoms in total. The van der Waals surface area contributed by atoms with Crippen LogP contribution in [0.4, 0.5) is 5.69 Å². The third-order valence-electron chi connectivity index (χ3n) is 4.94. The number of nitrogens with zero attached hydrogens (tertiary/aromatic N) is 1. The van der Waals surface area contributed by atoms with E-state index in [1.807, 2.05) is 37.3 Å². The second-order valence-corrected chi connectivity index (χ2v) is 8.19. The van der Waals surface area contributed by atoms with E-state index in [1.165, 1.54) is 11.1 Å². The minimum absolute atomic E-state index is 0.00871. The van der Waals surface area contributed by atoms with Crippen molar-refractivity contribution >= 4 is 39.5 Å². The lowest BCUT2D eigenvalue weighted by Gasteiger charge is -2.15. The Hall–Kier alpha value is -3.58. The van der Waals surface area contributed by atoms with Crippen molar-refractivity contribution in [2.24, 2.45) is 0 Å². The summed E-state index contributed by atoms with van der Waals surface area (Å²) in [6.45, 7) is 2.33. The van der Waals surface area contributed by atoms with Gasteiger partial charge in [0.25, 0.3) is 11.8 Å². The van der Waals surface area contributed by atoms with E-state index >= 15 is 0 Å². The van der Waals surface area contributed by atoms with Crippen LogP contribution in [-0.4, -0.2) is 18.9 Å². The number of benzene rings is 3. The normalized spacial score (nSPS) is 14.6. The van der Waals surface area contributed by atoms with E-state index in [-0.39, 0.29) is 5.57 Å².